The van der Waals surface area contributed by atoms with Gasteiger partial charge in [-0.15, -0.1) is 0 Å². The number of fused-ring (bicyclic) bond motifs is 1. The molecule has 232 valence electrons. The third-order valence-electron chi connectivity index (χ3n) is 8.24. The lowest BCUT2D eigenvalue weighted by Crippen LogP contribution is -2.54. The van der Waals surface area contributed by atoms with Crippen LogP contribution in [0, 0.1) is 5.92 Å². The quantitative estimate of drug-likeness (QED) is 0.216. The number of benzene rings is 3. The highest BCUT2D eigenvalue weighted by Crippen LogP contribution is 2.47. The van der Waals surface area contributed by atoms with Crippen molar-refractivity contribution in [2.24, 2.45) is 5.92 Å². The summed E-state index contributed by atoms with van der Waals surface area (Å²) in [5.41, 5.74) is 1.45. The molecule has 4 aromatic rings. The Kier molecular flexibility index (Phi) is 8.59. The van der Waals surface area contributed by atoms with Gasteiger partial charge in [-0.05, 0) is 55.3 Å². The van der Waals surface area contributed by atoms with Crippen LogP contribution in [0.25, 0.3) is 0 Å². The smallest absolute Gasteiger partial charge is 0.410 e. The summed E-state index contributed by atoms with van der Waals surface area (Å²) < 4.78 is 12.4. The van der Waals surface area contributed by atoms with Crippen LogP contribution in [-0.4, -0.2) is 51.6 Å². The number of halogens is 2. The lowest BCUT2D eigenvalue weighted by molar-refractivity contribution is -0.133. The van der Waals surface area contributed by atoms with E-state index in [9.17, 15) is 14.7 Å². The number of likely N-dealkylation sites (tertiary alicyclic amines) is 1. The van der Waals surface area contributed by atoms with Gasteiger partial charge in [-0.3, -0.25) is 14.7 Å². The molecular weight excluding hydrogens is 613 g/mol. The van der Waals surface area contributed by atoms with Crippen molar-refractivity contribution in [1.82, 2.24) is 14.8 Å². The van der Waals surface area contributed by atoms with Gasteiger partial charge >= 0.3 is 6.09 Å². The Labute approximate surface area is 272 Å². The predicted molar refractivity (Wildman–Crippen MR) is 171 cm³/mol. The highest BCUT2D eigenvalue weighted by molar-refractivity contribution is 6.30. The fourth-order valence-electron chi connectivity index (χ4n) is 5.78. The molecule has 3 aromatic carbocycles. The maximum absolute atomic E-state index is 14.3. The number of aliphatic hydroxyl groups is 1. The molecule has 1 N–H and O–H groups in total. The molecule has 1 atom stereocenters. The van der Waals surface area contributed by atoms with E-state index >= 15 is 0 Å². The van der Waals surface area contributed by atoms with E-state index in [1.54, 1.807) is 60.2 Å². The van der Waals surface area contributed by atoms with Crippen molar-refractivity contribution >= 4 is 35.2 Å². The molecule has 2 aliphatic heterocycles. The first-order chi connectivity index (χ1) is 21.5. The van der Waals surface area contributed by atoms with E-state index < -0.39 is 11.3 Å². The van der Waals surface area contributed by atoms with Gasteiger partial charge in [0.05, 0.1) is 29.5 Å². The highest BCUT2D eigenvalue weighted by Gasteiger charge is 2.53. The second kappa shape index (κ2) is 12.4. The summed E-state index contributed by atoms with van der Waals surface area (Å²) in [6.45, 7) is 4.88. The van der Waals surface area contributed by atoms with Gasteiger partial charge in [-0.1, -0.05) is 77.8 Å². The van der Waals surface area contributed by atoms with E-state index in [1.807, 2.05) is 54.6 Å². The largest absolute Gasteiger partial charge is 0.445 e. The lowest BCUT2D eigenvalue weighted by Gasteiger charge is -2.43. The van der Waals surface area contributed by atoms with Crippen molar-refractivity contribution in [2.75, 3.05) is 19.7 Å². The van der Waals surface area contributed by atoms with E-state index in [0.29, 0.717) is 51.1 Å². The molecule has 6 rings (SSSR count). The van der Waals surface area contributed by atoms with Gasteiger partial charge < -0.3 is 19.5 Å². The molecule has 0 aliphatic carbocycles. The fourth-order valence-corrected chi connectivity index (χ4v) is 6.01. The number of amides is 2. The second-order valence-electron chi connectivity index (χ2n) is 12.0. The first-order valence-electron chi connectivity index (χ1n) is 14.7. The van der Waals surface area contributed by atoms with Gasteiger partial charge in [0.25, 0.3) is 5.91 Å². The molecule has 0 spiro atoms. The van der Waals surface area contributed by atoms with Crippen LogP contribution in [0.3, 0.4) is 0 Å². The number of aromatic nitrogens is 1. The van der Waals surface area contributed by atoms with Crippen molar-refractivity contribution in [3.63, 3.8) is 0 Å². The molecule has 3 heterocycles. The van der Waals surface area contributed by atoms with Gasteiger partial charge in [0.15, 0.2) is 5.72 Å². The van der Waals surface area contributed by atoms with Crippen LogP contribution in [0.4, 0.5) is 4.79 Å². The Bertz CT molecular complexity index is 1690. The zero-order chi connectivity index (χ0) is 31.8. The van der Waals surface area contributed by atoms with Crippen molar-refractivity contribution in [3.8, 4) is 0 Å². The summed E-state index contributed by atoms with van der Waals surface area (Å²) in [4.78, 5) is 34.7. The van der Waals surface area contributed by atoms with Crippen LogP contribution < -0.4 is 0 Å². The summed E-state index contributed by atoms with van der Waals surface area (Å²) >= 11 is 12.4. The van der Waals surface area contributed by atoms with Gasteiger partial charge in [0.2, 0.25) is 0 Å². The Morgan fingerprint density at radius 1 is 1.00 bits per heavy atom. The topological polar surface area (TPSA) is 92.2 Å². The van der Waals surface area contributed by atoms with E-state index in [2.05, 4.69) is 4.98 Å². The summed E-state index contributed by atoms with van der Waals surface area (Å²) in [7, 11) is 0. The normalized spacial score (nSPS) is 18.1. The Morgan fingerprint density at radius 3 is 2.38 bits per heavy atom. The van der Waals surface area contributed by atoms with Crippen molar-refractivity contribution < 1.29 is 24.2 Å². The molecule has 1 unspecified atom stereocenters. The number of hydrogen-bond donors (Lipinski definition) is 1. The monoisotopic (exact) mass is 645 g/mol. The van der Waals surface area contributed by atoms with E-state index in [4.69, 9.17) is 32.7 Å². The average molecular weight is 647 g/mol. The van der Waals surface area contributed by atoms with Crippen LogP contribution in [0.2, 0.25) is 10.0 Å². The van der Waals surface area contributed by atoms with E-state index in [0.717, 1.165) is 5.56 Å². The van der Waals surface area contributed by atoms with Crippen molar-refractivity contribution in [3.05, 3.63) is 135 Å². The average Bonchev–Trinajstić information content (AvgIpc) is 3.24. The first kappa shape index (κ1) is 31.0. The van der Waals surface area contributed by atoms with Crippen LogP contribution >= 0.6 is 23.2 Å². The van der Waals surface area contributed by atoms with Crippen LogP contribution in [0.15, 0.2) is 91.1 Å². The molecule has 0 bridgehead atoms. The van der Waals surface area contributed by atoms with Gasteiger partial charge in [0.1, 0.15) is 6.61 Å². The number of carbonyl (C=O) groups excluding carboxylic acids is 2. The van der Waals surface area contributed by atoms with Crippen LogP contribution in [0.1, 0.15) is 52.2 Å². The van der Waals surface area contributed by atoms with E-state index in [-0.39, 0.29) is 37.7 Å². The minimum absolute atomic E-state index is 0.0174. The summed E-state index contributed by atoms with van der Waals surface area (Å²) in [6, 6.07) is 25.7. The number of carbonyl (C=O) groups is 2. The molecule has 1 fully saturated rings. The number of ether oxygens (including phenoxy) is 2. The van der Waals surface area contributed by atoms with Crippen molar-refractivity contribution in [1.29, 1.82) is 0 Å². The Balaban J connectivity index is 1.30. The molecule has 0 radical (unpaired) electrons. The van der Waals surface area contributed by atoms with Gasteiger partial charge in [-0.25, -0.2) is 4.79 Å². The predicted octanol–water partition coefficient (Wildman–Crippen LogP) is 6.76. The highest BCUT2D eigenvalue weighted by atomic mass is 35.5. The van der Waals surface area contributed by atoms with Crippen LogP contribution in [-0.2, 0) is 34.0 Å². The number of rotatable bonds is 9. The van der Waals surface area contributed by atoms with Gasteiger partial charge in [-0.2, -0.15) is 0 Å². The molecule has 1 aromatic heterocycles. The summed E-state index contributed by atoms with van der Waals surface area (Å²) in [5, 5.41) is 11.8. The Hall–Kier alpha value is -3.95. The third-order valence-corrected chi connectivity index (χ3v) is 8.72. The molecule has 45 heavy (non-hydrogen) atoms. The molecule has 2 aliphatic rings. The first-order valence-corrected chi connectivity index (χ1v) is 15.5. The molecular formula is C35H33Cl2N3O5. The summed E-state index contributed by atoms with van der Waals surface area (Å²) in [6.07, 6.45) is 1.17. The SMILES string of the molecule is CC(C)(O)c1ccc2c(c1)C(=O)N(Cc1ccc(Cl)cn1)C2(OCC1CN(C(=O)OCc2ccccc2)C1)c1ccc(Cl)cc1. The maximum atomic E-state index is 14.3. The Morgan fingerprint density at radius 2 is 1.71 bits per heavy atom. The standard InChI is InChI=1S/C35H33Cl2N3O5/c1-34(2,43)26-10-15-31-30(16-26)32(41)40(20-29-14-13-28(37)17-38-29)35(31,25-8-11-27(36)12-9-25)45-22-24-18-39(19-24)33(42)44-21-23-6-4-3-5-7-23/h3-17,24,43H,18-22H2,1-2H3. The zero-order valence-corrected chi connectivity index (χ0v) is 26.5. The molecule has 1 saturated heterocycles. The number of hydrogen-bond acceptors (Lipinski definition) is 6. The zero-order valence-electron chi connectivity index (χ0n) is 25.0. The minimum atomic E-state index is -1.33. The molecule has 10 heteroatoms. The molecule has 8 nitrogen and oxygen atoms in total. The van der Waals surface area contributed by atoms with Crippen molar-refractivity contribution in [2.45, 2.75) is 38.3 Å². The molecule has 2 amide bonds. The second-order valence-corrected chi connectivity index (χ2v) is 12.8. The maximum Gasteiger partial charge on any atom is 0.410 e. The molecule has 0 saturated carbocycles. The summed E-state index contributed by atoms with van der Waals surface area (Å²) in [5.74, 6) is -0.244. The lowest BCUT2D eigenvalue weighted by atomic mass is 9.89. The number of nitrogens with zero attached hydrogens (tertiary/aromatic N) is 3. The third kappa shape index (κ3) is 6.29. The van der Waals surface area contributed by atoms with E-state index in [1.165, 1.54) is 0 Å². The number of pyridine rings is 1. The fraction of sp³-hybridized carbons (Fsp3) is 0.286. The van der Waals surface area contributed by atoms with Gasteiger partial charge in [0, 0.05) is 46.9 Å². The van der Waals surface area contributed by atoms with Crippen LogP contribution in [0.5, 0.6) is 0 Å². The minimum Gasteiger partial charge on any atom is -0.445 e.